The van der Waals surface area contributed by atoms with Gasteiger partial charge >= 0.3 is 0 Å². The molecule has 1 saturated heterocycles. The molecule has 19 heavy (non-hydrogen) atoms. The average molecular weight is 302 g/mol. The van der Waals surface area contributed by atoms with E-state index in [-0.39, 0.29) is 16.6 Å². The van der Waals surface area contributed by atoms with Crippen LogP contribution in [0.1, 0.15) is 12.8 Å². The van der Waals surface area contributed by atoms with Crippen molar-refractivity contribution in [1.82, 2.24) is 4.31 Å². The van der Waals surface area contributed by atoms with Gasteiger partial charge in [-0.25, -0.2) is 8.42 Å². The average Bonchev–Trinajstić information content (AvgIpc) is 2.39. The Morgan fingerprint density at radius 2 is 1.79 bits per heavy atom. The van der Waals surface area contributed by atoms with Crippen molar-refractivity contribution in [2.45, 2.75) is 17.7 Å². The normalized spacial score (nSPS) is 18.4. The summed E-state index contributed by atoms with van der Waals surface area (Å²) in [7, 11) is -3.46. The molecular weight excluding hydrogens is 286 g/mol. The van der Waals surface area contributed by atoms with Crippen LogP contribution in [0.2, 0.25) is 5.02 Å². The van der Waals surface area contributed by atoms with Gasteiger partial charge in [0.2, 0.25) is 10.0 Å². The lowest BCUT2D eigenvalue weighted by molar-refractivity contribution is 0.314. The minimum Gasteiger partial charge on any atom is -0.387 e. The number of hydrogen-bond acceptors (Lipinski definition) is 3. The standard InChI is InChI=1S/C12H16ClN3O2S/c13-10-1-3-11(4-2-10)19(17,18)16-7-5-9(6-8-16)12(14)15/h1-4,9H,5-8H2,(H3,14,15). The number of nitrogens with two attached hydrogens (primary N) is 1. The molecule has 0 radical (unpaired) electrons. The predicted molar refractivity (Wildman–Crippen MR) is 74.8 cm³/mol. The third kappa shape index (κ3) is 3.08. The first-order valence-electron chi connectivity index (χ1n) is 6.01. The van der Waals surface area contributed by atoms with Crippen molar-refractivity contribution in [3.8, 4) is 0 Å². The van der Waals surface area contributed by atoms with Crippen molar-refractivity contribution in [3.05, 3.63) is 29.3 Å². The zero-order chi connectivity index (χ0) is 14.0. The van der Waals surface area contributed by atoms with Crippen LogP contribution in [0.5, 0.6) is 0 Å². The first kappa shape index (κ1) is 14.3. The highest BCUT2D eigenvalue weighted by molar-refractivity contribution is 7.89. The van der Waals surface area contributed by atoms with E-state index in [0.717, 1.165) is 0 Å². The molecule has 104 valence electrons. The third-order valence-electron chi connectivity index (χ3n) is 3.35. The van der Waals surface area contributed by atoms with Crippen molar-refractivity contribution in [2.75, 3.05) is 13.1 Å². The van der Waals surface area contributed by atoms with E-state index in [2.05, 4.69) is 0 Å². The molecular formula is C12H16ClN3O2S. The highest BCUT2D eigenvalue weighted by atomic mass is 35.5. The lowest BCUT2D eigenvalue weighted by atomic mass is 9.97. The van der Waals surface area contributed by atoms with Crippen molar-refractivity contribution in [1.29, 1.82) is 5.41 Å². The maximum atomic E-state index is 12.4. The molecule has 1 heterocycles. The van der Waals surface area contributed by atoms with Crippen molar-refractivity contribution in [3.63, 3.8) is 0 Å². The quantitative estimate of drug-likeness (QED) is 0.657. The summed E-state index contributed by atoms with van der Waals surface area (Å²) in [6, 6.07) is 6.15. The minimum absolute atomic E-state index is 0.00309. The van der Waals surface area contributed by atoms with E-state index in [9.17, 15) is 8.42 Å². The number of benzene rings is 1. The Kier molecular flexibility index (Phi) is 4.13. The van der Waals surface area contributed by atoms with Crippen molar-refractivity contribution >= 4 is 27.5 Å². The fraction of sp³-hybridized carbons (Fsp3) is 0.417. The van der Waals surface area contributed by atoms with Crippen molar-refractivity contribution < 1.29 is 8.42 Å². The molecule has 0 unspecified atom stereocenters. The fourth-order valence-electron chi connectivity index (χ4n) is 2.16. The molecule has 2 rings (SSSR count). The van der Waals surface area contributed by atoms with Gasteiger partial charge in [-0.2, -0.15) is 4.31 Å². The number of sulfonamides is 1. The zero-order valence-corrected chi connectivity index (χ0v) is 11.9. The molecule has 7 heteroatoms. The summed E-state index contributed by atoms with van der Waals surface area (Å²) >= 11 is 5.76. The van der Waals surface area contributed by atoms with E-state index in [4.69, 9.17) is 22.7 Å². The Hall–Kier alpha value is -1.11. The summed E-state index contributed by atoms with van der Waals surface area (Å²) in [4.78, 5) is 0.248. The van der Waals surface area contributed by atoms with Gasteiger partial charge in [-0.3, -0.25) is 5.41 Å². The van der Waals surface area contributed by atoms with Gasteiger partial charge in [0.1, 0.15) is 0 Å². The van der Waals surface area contributed by atoms with E-state index in [0.29, 0.717) is 31.0 Å². The van der Waals surface area contributed by atoms with Gasteiger partial charge in [0.05, 0.1) is 10.7 Å². The number of amidine groups is 1. The molecule has 1 aromatic carbocycles. The molecule has 1 aliphatic heterocycles. The van der Waals surface area contributed by atoms with Gasteiger partial charge in [-0.15, -0.1) is 0 Å². The maximum absolute atomic E-state index is 12.4. The second-order valence-corrected chi connectivity index (χ2v) is 6.96. The summed E-state index contributed by atoms with van der Waals surface area (Å²) in [5, 5.41) is 7.90. The van der Waals surface area contributed by atoms with E-state index >= 15 is 0 Å². The van der Waals surface area contributed by atoms with E-state index < -0.39 is 10.0 Å². The number of hydrogen-bond donors (Lipinski definition) is 2. The van der Waals surface area contributed by atoms with Crippen LogP contribution in [0.15, 0.2) is 29.2 Å². The van der Waals surface area contributed by atoms with Crippen LogP contribution in [0.25, 0.3) is 0 Å². The molecule has 0 atom stereocenters. The van der Waals surface area contributed by atoms with Gasteiger partial charge < -0.3 is 5.73 Å². The van der Waals surface area contributed by atoms with E-state index in [1.54, 1.807) is 12.1 Å². The third-order valence-corrected chi connectivity index (χ3v) is 5.51. The topological polar surface area (TPSA) is 87.2 Å². The summed E-state index contributed by atoms with van der Waals surface area (Å²) in [6.07, 6.45) is 1.20. The minimum atomic E-state index is -3.46. The zero-order valence-electron chi connectivity index (χ0n) is 10.3. The Labute approximate surface area is 117 Å². The predicted octanol–water partition coefficient (Wildman–Crippen LogP) is 1.68. The molecule has 0 spiro atoms. The molecule has 0 aliphatic carbocycles. The van der Waals surface area contributed by atoms with Crippen LogP contribution in [0, 0.1) is 11.3 Å². The monoisotopic (exact) mass is 301 g/mol. The molecule has 0 bridgehead atoms. The maximum Gasteiger partial charge on any atom is 0.243 e. The first-order chi connectivity index (χ1) is 8.91. The molecule has 5 nitrogen and oxygen atoms in total. The fourth-order valence-corrected chi connectivity index (χ4v) is 3.76. The van der Waals surface area contributed by atoms with Crippen LogP contribution in [-0.2, 0) is 10.0 Å². The van der Waals surface area contributed by atoms with Crippen LogP contribution >= 0.6 is 11.6 Å². The summed E-state index contributed by atoms with van der Waals surface area (Å²) < 4.78 is 26.2. The first-order valence-corrected chi connectivity index (χ1v) is 7.82. The molecule has 0 amide bonds. The molecule has 0 aromatic heterocycles. The van der Waals surface area contributed by atoms with Gasteiger partial charge in [0.15, 0.2) is 0 Å². The molecule has 3 N–H and O–H groups in total. The van der Waals surface area contributed by atoms with E-state index in [1.165, 1.54) is 16.4 Å². The summed E-state index contributed by atoms with van der Waals surface area (Å²) in [5.74, 6) is 0.139. The molecule has 0 saturated carbocycles. The van der Waals surface area contributed by atoms with Crippen LogP contribution < -0.4 is 5.73 Å². The Morgan fingerprint density at radius 1 is 1.26 bits per heavy atom. The van der Waals surface area contributed by atoms with Gasteiger partial charge in [-0.1, -0.05) is 11.6 Å². The lowest BCUT2D eigenvalue weighted by Crippen LogP contribution is -2.41. The second-order valence-electron chi connectivity index (χ2n) is 4.59. The highest BCUT2D eigenvalue weighted by Gasteiger charge is 2.30. The van der Waals surface area contributed by atoms with Gasteiger partial charge in [0, 0.05) is 24.0 Å². The lowest BCUT2D eigenvalue weighted by Gasteiger charge is -2.30. The van der Waals surface area contributed by atoms with Crippen molar-refractivity contribution in [2.24, 2.45) is 11.7 Å². The molecule has 1 aromatic rings. The largest absolute Gasteiger partial charge is 0.387 e. The summed E-state index contributed by atoms with van der Waals surface area (Å²) in [6.45, 7) is 0.796. The Morgan fingerprint density at radius 3 is 2.26 bits per heavy atom. The SMILES string of the molecule is N=C(N)C1CCN(S(=O)(=O)c2ccc(Cl)cc2)CC1. The number of rotatable bonds is 3. The van der Waals surface area contributed by atoms with Gasteiger partial charge in [0.25, 0.3) is 0 Å². The Balaban J connectivity index is 2.14. The summed E-state index contributed by atoms with van der Waals surface area (Å²) in [5.41, 5.74) is 5.45. The van der Waals surface area contributed by atoms with Crippen LogP contribution in [-0.4, -0.2) is 31.6 Å². The van der Waals surface area contributed by atoms with Crippen LogP contribution in [0.3, 0.4) is 0 Å². The van der Waals surface area contributed by atoms with E-state index in [1.807, 2.05) is 0 Å². The smallest absolute Gasteiger partial charge is 0.243 e. The second kappa shape index (κ2) is 5.48. The van der Waals surface area contributed by atoms with Crippen LogP contribution in [0.4, 0.5) is 0 Å². The molecule has 1 fully saturated rings. The molecule has 1 aliphatic rings. The number of halogens is 1. The number of piperidine rings is 1. The number of nitrogens with one attached hydrogen (secondary N) is 1. The number of nitrogens with zero attached hydrogens (tertiary/aromatic N) is 1. The van der Waals surface area contributed by atoms with Gasteiger partial charge in [-0.05, 0) is 37.1 Å². The highest BCUT2D eigenvalue weighted by Crippen LogP contribution is 2.24. The Bertz CT molecular complexity index is 563.